The molecule has 3 nitrogen and oxygen atoms in total. The van der Waals surface area contributed by atoms with Crippen LogP contribution in [-0.2, 0) is 0 Å². The topological polar surface area (TPSA) is 42.0 Å². The summed E-state index contributed by atoms with van der Waals surface area (Å²) in [6, 6.07) is 22.9. The summed E-state index contributed by atoms with van der Waals surface area (Å²) in [5.41, 5.74) is 6.23. The summed E-state index contributed by atoms with van der Waals surface area (Å²) < 4.78 is 0. The first kappa shape index (κ1) is 18.2. The van der Waals surface area contributed by atoms with Gasteiger partial charge in [0, 0.05) is 21.7 Å². The van der Waals surface area contributed by atoms with Gasteiger partial charge < -0.3 is 5.32 Å². The first-order valence-electron chi connectivity index (χ1n) is 9.05. The molecule has 3 aromatic carbocycles. The molecule has 0 saturated heterocycles. The molecular weight excluding hydrogens is 368 g/mol. The SMILES string of the molecule is Cc1ccc(-c2cc(C(=O)Nc3ccc(Cl)cc3)c3ccccc3n2)c(C)c1. The fourth-order valence-corrected chi connectivity index (χ4v) is 3.46. The molecule has 28 heavy (non-hydrogen) atoms. The van der Waals surface area contributed by atoms with Crippen LogP contribution in [-0.4, -0.2) is 10.9 Å². The zero-order valence-corrected chi connectivity index (χ0v) is 16.4. The normalized spacial score (nSPS) is 10.8. The van der Waals surface area contributed by atoms with Crippen LogP contribution in [0.1, 0.15) is 21.5 Å². The number of rotatable bonds is 3. The summed E-state index contributed by atoms with van der Waals surface area (Å²) in [6.07, 6.45) is 0. The van der Waals surface area contributed by atoms with Gasteiger partial charge in [0.1, 0.15) is 0 Å². The molecule has 0 radical (unpaired) electrons. The minimum Gasteiger partial charge on any atom is -0.322 e. The van der Waals surface area contributed by atoms with E-state index >= 15 is 0 Å². The number of carbonyl (C=O) groups is 1. The van der Waals surface area contributed by atoms with E-state index < -0.39 is 0 Å². The molecule has 0 unspecified atom stereocenters. The number of fused-ring (bicyclic) bond motifs is 1. The van der Waals surface area contributed by atoms with Gasteiger partial charge in [-0.1, -0.05) is 53.6 Å². The Hall–Kier alpha value is -3.17. The Morgan fingerprint density at radius 3 is 2.43 bits per heavy atom. The van der Waals surface area contributed by atoms with Crippen LogP contribution in [0.25, 0.3) is 22.2 Å². The van der Waals surface area contributed by atoms with Gasteiger partial charge in [0.15, 0.2) is 0 Å². The second kappa shape index (κ2) is 7.45. The molecule has 4 heteroatoms. The third-order valence-electron chi connectivity index (χ3n) is 4.72. The zero-order chi connectivity index (χ0) is 19.7. The van der Waals surface area contributed by atoms with Crippen molar-refractivity contribution in [3.63, 3.8) is 0 Å². The van der Waals surface area contributed by atoms with Crippen molar-refractivity contribution >= 4 is 34.1 Å². The first-order chi connectivity index (χ1) is 13.5. The number of nitrogens with one attached hydrogen (secondary N) is 1. The molecule has 0 bridgehead atoms. The molecule has 0 aliphatic carbocycles. The number of carbonyl (C=O) groups excluding carboxylic acids is 1. The number of pyridine rings is 1. The average Bonchev–Trinajstić information content (AvgIpc) is 2.69. The van der Waals surface area contributed by atoms with E-state index in [4.69, 9.17) is 16.6 Å². The average molecular weight is 387 g/mol. The molecule has 138 valence electrons. The Labute approximate surface area is 169 Å². The number of aromatic nitrogens is 1. The molecule has 1 amide bonds. The van der Waals surface area contributed by atoms with Gasteiger partial charge in [-0.3, -0.25) is 4.79 Å². The van der Waals surface area contributed by atoms with Gasteiger partial charge in [-0.05, 0) is 55.8 Å². The second-order valence-electron chi connectivity index (χ2n) is 6.85. The molecule has 0 aliphatic rings. The van der Waals surface area contributed by atoms with Gasteiger partial charge in [0.25, 0.3) is 5.91 Å². The van der Waals surface area contributed by atoms with Crippen molar-refractivity contribution in [2.45, 2.75) is 13.8 Å². The minimum absolute atomic E-state index is 0.174. The predicted octanol–water partition coefficient (Wildman–Crippen LogP) is 6.42. The Morgan fingerprint density at radius 1 is 0.929 bits per heavy atom. The van der Waals surface area contributed by atoms with Crippen molar-refractivity contribution in [2.75, 3.05) is 5.32 Å². The fraction of sp³-hybridized carbons (Fsp3) is 0.0833. The highest BCUT2D eigenvalue weighted by molar-refractivity contribution is 6.30. The standard InChI is InChI=1S/C24H19ClN2O/c1-15-7-12-19(16(2)13-15)23-14-21(20-5-3-4-6-22(20)27-23)24(28)26-18-10-8-17(25)9-11-18/h3-14H,1-2H3,(H,26,28). The van der Waals surface area contributed by atoms with Crippen LogP contribution in [0.5, 0.6) is 0 Å². The number of anilines is 1. The number of amides is 1. The zero-order valence-electron chi connectivity index (χ0n) is 15.7. The van der Waals surface area contributed by atoms with Crippen molar-refractivity contribution in [3.8, 4) is 11.3 Å². The summed E-state index contributed by atoms with van der Waals surface area (Å²) in [5, 5.41) is 4.41. The summed E-state index contributed by atoms with van der Waals surface area (Å²) in [6.45, 7) is 4.13. The van der Waals surface area contributed by atoms with Crippen LogP contribution < -0.4 is 5.32 Å². The van der Waals surface area contributed by atoms with Gasteiger partial charge in [0.2, 0.25) is 0 Å². The molecule has 1 heterocycles. The van der Waals surface area contributed by atoms with Crippen molar-refractivity contribution in [1.82, 2.24) is 4.98 Å². The molecule has 4 aromatic rings. The van der Waals surface area contributed by atoms with E-state index in [9.17, 15) is 4.79 Å². The van der Waals surface area contributed by atoms with E-state index in [1.165, 1.54) is 5.56 Å². The van der Waals surface area contributed by atoms with Crippen LogP contribution in [0, 0.1) is 13.8 Å². The Bertz CT molecular complexity index is 1180. The first-order valence-corrected chi connectivity index (χ1v) is 9.43. The third-order valence-corrected chi connectivity index (χ3v) is 4.97. The van der Waals surface area contributed by atoms with Crippen LogP contribution >= 0.6 is 11.6 Å². The number of hydrogen-bond acceptors (Lipinski definition) is 2. The molecule has 4 rings (SSSR count). The van der Waals surface area contributed by atoms with Crippen LogP contribution in [0.3, 0.4) is 0 Å². The lowest BCUT2D eigenvalue weighted by molar-refractivity contribution is 0.102. The lowest BCUT2D eigenvalue weighted by Gasteiger charge is -2.12. The number of nitrogens with zero attached hydrogens (tertiary/aromatic N) is 1. The van der Waals surface area contributed by atoms with E-state index in [1.54, 1.807) is 24.3 Å². The van der Waals surface area contributed by atoms with Crippen molar-refractivity contribution in [3.05, 3.63) is 94.5 Å². The van der Waals surface area contributed by atoms with Crippen molar-refractivity contribution in [1.29, 1.82) is 0 Å². The highest BCUT2D eigenvalue weighted by Gasteiger charge is 2.15. The highest BCUT2D eigenvalue weighted by atomic mass is 35.5. The summed E-state index contributed by atoms with van der Waals surface area (Å²) >= 11 is 5.94. The number of aryl methyl sites for hydroxylation is 2. The largest absolute Gasteiger partial charge is 0.322 e. The van der Waals surface area contributed by atoms with Crippen LogP contribution in [0.2, 0.25) is 5.02 Å². The van der Waals surface area contributed by atoms with Crippen molar-refractivity contribution < 1.29 is 4.79 Å². The van der Waals surface area contributed by atoms with Gasteiger partial charge in [0.05, 0.1) is 16.8 Å². The minimum atomic E-state index is -0.174. The van der Waals surface area contributed by atoms with Gasteiger partial charge in [-0.15, -0.1) is 0 Å². The van der Waals surface area contributed by atoms with E-state index in [2.05, 4.69) is 37.4 Å². The number of halogens is 1. The quantitative estimate of drug-likeness (QED) is 0.441. The van der Waals surface area contributed by atoms with Crippen LogP contribution in [0.15, 0.2) is 72.8 Å². The predicted molar refractivity (Wildman–Crippen MR) is 116 cm³/mol. The maximum absolute atomic E-state index is 13.1. The van der Waals surface area contributed by atoms with Gasteiger partial charge >= 0.3 is 0 Å². The summed E-state index contributed by atoms with van der Waals surface area (Å²) in [7, 11) is 0. The summed E-state index contributed by atoms with van der Waals surface area (Å²) in [5.74, 6) is -0.174. The van der Waals surface area contributed by atoms with Crippen LogP contribution in [0.4, 0.5) is 5.69 Å². The lowest BCUT2D eigenvalue weighted by Crippen LogP contribution is -2.13. The molecule has 0 saturated carbocycles. The Kier molecular flexibility index (Phi) is 4.84. The Balaban J connectivity index is 1.82. The maximum Gasteiger partial charge on any atom is 0.256 e. The smallest absolute Gasteiger partial charge is 0.256 e. The molecule has 0 fully saturated rings. The summed E-state index contributed by atoms with van der Waals surface area (Å²) in [4.78, 5) is 17.9. The molecule has 1 N–H and O–H groups in total. The van der Waals surface area contributed by atoms with Crippen molar-refractivity contribution in [2.24, 2.45) is 0 Å². The molecular formula is C24H19ClN2O. The fourth-order valence-electron chi connectivity index (χ4n) is 3.33. The Morgan fingerprint density at radius 2 is 1.68 bits per heavy atom. The van der Waals surface area contributed by atoms with Gasteiger partial charge in [-0.2, -0.15) is 0 Å². The third kappa shape index (κ3) is 3.62. The monoisotopic (exact) mass is 386 g/mol. The van der Waals surface area contributed by atoms with E-state index in [1.807, 2.05) is 30.3 Å². The van der Waals surface area contributed by atoms with E-state index in [0.29, 0.717) is 16.3 Å². The molecule has 0 aliphatic heterocycles. The lowest BCUT2D eigenvalue weighted by atomic mass is 9.99. The van der Waals surface area contributed by atoms with Gasteiger partial charge in [-0.25, -0.2) is 4.98 Å². The number of para-hydroxylation sites is 1. The molecule has 1 aromatic heterocycles. The van der Waals surface area contributed by atoms with E-state index in [-0.39, 0.29) is 5.91 Å². The van der Waals surface area contributed by atoms with E-state index in [0.717, 1.165) is 27.7 Å². The number of hydrogen-bond donors (Lipinski definition) is 1. The molecule has 0 spiro atoms. The molecule has 0 atom stereocenters. The maximum atomic E-state index is 13.1. The number of benzene rings is 3. The second-order valence-corrected chi connectivity index (χ2v) is 7.29. The highest BCUT2D eigenvalue weighted by Crippen LogP contribution is 2.28.